The third-order valence-corrected chi connectivity index (χ3v) is 3.40. The lowest BCUT2D eigenvalue weighted by molar-refractivity contribution is -0.633. The van der Waals surface area contributed by atoms with Gasteiger partial charge in [0, 0.05) is 13.1 Å². The van der Waals surface area contributed by atoms with Gasteiger partial charge in [-0.2, -0.15) is 0 Å². The second kappa shape index (κ2) is 7.27. The van der Waals surface area contributed by atoms with Gasteiger partial charge >= 0.3 is 0 Å². The van der Waals surface area contributed by atoms with E-state index in [2.05, 4.69) is 17.6 Å². The minimum absolute atomic E-state index is 0.0349. The van der Waals surface area contributed by atoms with Crippen LogP contribution in [0.4, 0.5) is 0 Å². The van der Waals surface area contributed by atoms with Gasteiger partial charge in [-0.25, -0.2) is 0 Å². The highest BCUT2D eigenvalue weighted by Crippen LogP contribution is 2.23. The molecule has 2 atom stereocenters. The maximum Gasteiger partial charge on any atom is 0.275 e. The number of amides is 2. The van der Waals surface area contributed by atoms with E-state index in [0.717, 1.165) is 6.42 Å². The Morgan fingerprint density at radius 1 is 1.18 bits per heavy atom. The first-order valence-corrected chi connectivity index (χ1v) is 6.45. The molecule has 0 spiro atoms. The molecule has 0 aromatic rings. The maximum absolute atomic E-state index is 11.7. The predicted octanol–water partition coefficient (Wildman–Crippen LogP) is -1.01. The van der Waals surface area contributed by atoms with Crippen LogP contribution in [0, 0.1) is 5.92 Å². The molecule has 4 N–H and O–H groups in total. The molecule has 0 unspecified atom stereocenters. The van der Waals surface area contributed by atoms with Crippen molar-refractivity contribution in [1.82, 2.24) is 10.6 Å². The van der Waals surface area contributed by atoms with Crippen LogP contribution in [0.2, 0.25) is 0 Å². The van der Waals surface area contributed by atoms with Crippen molar-refractivity contribution >= 4 is 11.8 Å². The van der Waals surface area contributed by atoms with Gasteiger partial charge in [0.05, 0.1) is 0 Å². The number of hydrogen-bond donors (Lipinski definition) is 3. The largest absolute Gasteiger partial charge is 0.354 e. The lowest BCUT2D eigenvalue weighted by atomic mass is 9.86. The molecule has 0 radical (unpaired) electrons. The summed E-state index contributed by atoms with van der Waals surface area (Å²) in [5.41, 5.74) is 0. The molecule has 2 amide bonds. The molecule has 5 heteroatoms. The summed E-state index contributed by atoms with van der Waals surface area (Å²) in [5.74, 6) is 0.558. The van der Waals surface area contributed by atoms with Crippen LogP contribution in [0.3, 0.4) is 0 Å². The molecule has 1 rings (SSSR count). The molecule has 0 bridgehead atoms. The monoisotopic (exact) mass is 242 g/mol. The van der Waals surface area contributed by atoms with E-state index in [-0.39, 0.29) is 11.8 Å². The molecule has 1 fully saturated rings. The van der Waals surface area contributed by atoms with E-state index < -0.39 is 0 Å². The van der Waals surface area contributed by atoms with E-state index in [1.807, 2.05) is 0 Å². The summed E-state index contributed by atoms with van der Waals surface area (Å²) in [6.45, 7) is 2.83. The first kappa shape index (κ1) is 14.0. The highest BCUT2D eigenvalue weighted by Gasteiger charge is 2.23. The van der Waals surface area contributed by atoms with Crippen molar-refractivity contribution in [3.05, 3.63) is 0 Å². The molecule has 1 aliphatic carbocycles. The predicted molar refractivity (Wildman–Crippen MR) is 65.3 cm³/mol. The zero-order chi connectivity index (χ0) is 12.7. The Hall–Kier alpha value is -1.10. The lowest BCUT2D eigenvalue weighted by Crippen LogP contribution is -2.88. The minimum Gasteiger partial charge on any atom is -0.354 e. The summed E-state index contributed by atoms with van der Waals surface area (Å²) in [6, 6.07) is 0.324. The fraction of sp³-hybridized carbons (Fsp3) is 0.833. The molecule has 0 aromatic carbocycles. The number of carbonyl (C=O) groups is 2. The average molecular weight is 242 g/mol. The van der Waals surface area contributed by atoms with Crippen molar-refractivity contribution < 1.29 is 14.9 Å². The topological polar surface area (TPSA) is 74.8 Å². The van der Waals surface area contributed by atoms with Gasteiger partial charge in [-0.15, -0.1) is 0 Å². The fourth-order valence-corrected chi connectivity index (χ4v) is 2.23. The molecule has 98 valence electrons. The average Bonchev–Trinajstić information content (AvgIpc) is 2.32. The molecular weight excluding hydrogens is 218 g/mol. The van der Waals surface area contributed by atoms with Gasteiger partial charge in [0.25, 0.3) is 11.8 Å². The van der Waals surface area contributed by atoms with Crippen molar-refractivity contribution in [3.63, 3.8) is 0 Å². The third-order valence-electron chi connectivity index (χ3n) is 3.40. The fourth-order valence-electron chi connectivity index (χ4n) is 2.23. The third kappa shape index (κ3) is 5.17. The molecule has 1 aliphatic rings. The Morgan fingerprint density at radius 3 is 2.47 bits per heavy atom. The molecule has 0 aliphatic heterocycles. The number of quaternary nitrogens is 1. The number of rotatable bonds is 5. The molecule has 0 aromatic heterocycles. The van der Waals surface area contributed by atoms with Crippen LogP contribution in [-0.2, 0) is 9.59 Å². The summed E-state index contributed by atoms with van der Waals surface area (Å²) < 4.78 is 0. The number of carbonyl (C=O) groups excluding carboxylic acids is 2. The zero-order valence-corrected chi connectivity index (χ0v) is 10.8. The first-order valence-electron chi connectivity index (χ1n) is 6.45. The summed E-state index contributed by atoms with van der Waals surface area (Å²) in [6.07, 6.45) is 4.77. The maximum atomic E-state index is 11.7. The van der Waals surface area contributed by atoms with E-state index in [1.165, 1.54) is 19.3 Å². The second-order valence-electron chi connectivity index (χ2n) is 4.81. The highest BCUT2D eigenvalue weighted by atomic mass is 16.2. The van der Waals surface area contributed by atoms with Crippen LogP contribution in [0.5, 0.6) is 0 Å². The summed E-state index contributed by atoms with van der Waals surface area (Å²) in [7, 11) is 1.60. The van der Waals surface area contributed by atoms with Gasteiger partial charge in [-0.1, -0.05) is 19.8 Å². The minimum atomic E-state index is -0.0520. The Labute approximate surface area is 103 Å². The molecule has 5 nitrogen and oxygen atoms in total. The van der Waals surface area contributed by atoms with Crippen LogP contribution in [-0.4, -0.2) is 38.0 Å². The standard InChI is InChI=1S/C12H23N3O2/c1-9-5-3-4-6-10(9)15-12(17)8-14-7-11(16)13-2/h9-10,14H,3-8H2,1-2H3,(H,13,16)(H,15,17)/p+1/t9-,10-/m1/s1. The Bertz CT molecular complexity index is 268. The molecule has 1 saturated carbocycles. The molecule has 0 heterocycles. The van der Waals surface area contributed by atoms with Crippen LogP contribution in [0.1, 0.15) is 32.6 Å². The normalized spacial score (nSPS) is 24.1. The zero-order valence-electron chi connectivity index (χ0n) is 10.8. The molecule has 17 heavy (non-hydrogen) atoms. The van der Waals surface area contributed by atoms with Crippen molar-refractivity contribution in [2.24, 2.45) is 5.92 Å². The van der Waals surface area contributed by atoms with Gasteiger partial charge in [-0.05, 0) is 18.8 Å². The SMILES string of the molecule is CNC(=O)C[NH2+]CC(=O)N[C@@H]1CCCC[C@H]1C. The van der Waals surface area contributed by atoms with Gasteiger partial charge < -0.3 is 16.0 Å². The van der Waals surface area contributed by atoms with E-state index in [4.69, 9.17) is 0 Å². The number of hydrogen-bond acceptors (Lipinski definition) is 2. The Morgan fingerprint density at radius 2 is 1.82 bits per heavy atom. The lowest BCUT2D eigenvalue weighted by Gasteiger charge is -2.29. The van der Waals surface area contributed by atoms with Crippen LogP contribution in [0.15, 0.2) is 0 Å². The van der Waals surface area contributed by atoms with Crippen LogP contribution in [0.25, 0.3) is 0 Å². The number of nitrogens with one attached hydrogen (secondary N) is 2. The van der Waals surface area contributed by atoms with Crippen molar-refractivity contribution in [1.29, 1.82) is 0 Å². The van der Waals surface area contributed by atoms with Crippen LogP contribution >= 0.6 is 0 Å². The summed E-state index contributed by atoms with van der Waals surface area (Å²) >= 11 is 0. The highest BCUT2D eigenvalue weighted by molar-refractivity contribution is 5.78. The second-order valence-corrected chi connectivity index (χ2v) is 4.81. The van der Waals surface area contributed by atoms with Crippen molar-refractivity contribution in [2.45, 2.75) is 38.6 Å². The molecule has 0 saturated heterocycles. The van der Waals surface area contributed by atoms with Gasteiger partial charge in [-0.3, -0.25) is 9.59 Å². The van der Waals surface area contributed by atoms with Gasteiger partial charge in [0.15, 0.2) is 13.1 Å². The van der Waals surface area contributed by atoms with E-state index in [9.17, 15) is 9.59 Å². The summed E-state index contributed by atoms with van der Waals surface area (Å²) in [4.78, 5) is 22.6. The van der Waals surface area contributed by atoms with Crippen molar-refractivity contribution in [3.8, 4) is 0 Å². The Balaban J connectivity index is 2.17. The van der Waals surface area contributed by atoms with Gasteiger partial charge in [0.1, 0.15) is 0 Å². The first-order chi connectivity index (χ1) is 8.13. The quantitative estimate of drug-likeness (QED) is 0.578. The van der Waals surface area contributed by atoms with Crippen LogP contribution < -0.4 is 16.0 Å². The Kier molecular flexibility index (Phi) is 5.97. The van der Waals surface area contributed by atoms with E-state index in [0.29, 0.717) is 25.0 Å². The van der Waals surface area contributed by atoms with E-state index >= 15 is 0 Å². The van der Waals surface area contributed by atoms with Crippen molar-refractivity contribution in [2.75, 3.05) is 20.1 Å². The smallest absolute Gasteiger partial charge is 0.275 e. The molecular formula is C12H24N3O2+. The number of nitrogens with two attached hydrogens (primary N) is 1. The number of likely N-dealkylation sites (N-methyl/N-ethyl adjacent to an activating group) is 1. The van der Waals surface area contributed by atoms with Gasteiger partial charge in [0.2, 0.25) is 0 Å². The summed E-state index contributed by atoms with van der Waals surface area (Å²) in [5, 5.41) is 7.31. The van der Waals surface area contributed by atoms with E-state index in [1.54, 1.807) is 12.4 Å².